The standard InChI is InChI=1S/C16H25N3O2S/c1-5-13-12(4)17-16(18-15(13)21)22-9-14(20)19-10(2)7-6-8-11(19)3/h10-11H,5-9H2,1-4H3,(H,17,18,21)/t10-,11-/m1/s1. The van der Waals surface area contributed by atoms with E-state index in [1.165, 1.54) is 18.2 Å². The molecule has 1 N–H and O–H groups in total. The van der Waals surface area contributed by atoms with E-state index < -0.39 is 0 Å². The number of rotatable bonds is 4. The number of carbonyl (C=O) groups excluding carboxylic acids is 1. The van der Waals surface area contributed by atoms with Gasteiger partial charge in [-0.3, -0.25) is 9.59 Å². The third-order valence-corrected chi connectivity index (χ3v) is 5.23. The van der Waals surface area contributed by atoms with E-state index in [-0.39, 0.29) is 11.5 Å². The zero-order valence-corrected chi connectivity index (χ0v) is 14.6. The molecule has 1 aromatic heterocycles. The molecule has 2 rings (SSSR count). The predicted octanol–water partition coefficient (Wildman–Crippen LogP) is 2.52. The van der Waals surface area contributed by atoms with Gasteiger partial charge in [0.2, 0.25) is 5.91 Å². The van der Waals surface area contributed by atoms with Crippen LogP contribution in [0.25, 0.3) is 0 Å². The summed E-state index contributed by atoms with van der Waals surface area (Å²) in [6.45, 7) is 8.00. The molecule has 2 heterocycles. The number of H-pyrrole nitrogens is 1. The number of carbonyl (C=O) groups is 1. The lowest BCUT2D eigenvalue weighted by atomic mass is 9.98. The van der Waals surface area contributed by atoms with Crippen molar-refractivity contribution in [3.63, 3.8) is 0 Å². The highest BCUT2D eigenvalue weighted by Crippen LogP contribution is 2.24. The van der Waals surface area contributed by atoms with Crippen LogP contribution < -0.4 is 5.56 Å². The summed E-state index contributed by atoms with van der Waals surface area (Å²) in [6.07, 6.45) is 3.99. The zero-order valence-electron chi connectivity index (χ0n) is 13.8. The first kappa shape index (κ1) is 17.1. The van der Waals surface area contributed by atoms with Crippen LogP contribution in [-0.2, 0) is 11.2 Å². The largest absolute Gasteiger partial charge is 0.337 e. The second-order valence-electron chi connectivity index (χ2n) is 6.01. The third kappa shape index (κ3) is 3.72. The van der Waals surface area contributed by atoms with Crippen LogP contribution >= 0.6 is 11.8 Å². The fourth-order valence-corrected chi connectivity index (χ4v) is 3.96. The maximum absolute atomic E-state index is 12.5. The molecule has 1 aromatic rings. The van der Waals surface area contributed by atoms with Gasteiger partial charge in [-0.05, 0) is 46.5 Å². The van der Waals surface area contributed by atoms with Gasteiger partial charge >= 0.3 is 0 Å². The number of hydrogen-bond donors (Lipinski definition) is 1. The summed E-state index contributed by atoms with van der Waals surface area (Å²) in [4.78, 5) is 33.6. The van der Waals surface area contributed by atoms with Crippen molar-refractivity contribution < 1.29 is 4.79 Å². The van der Waals surface area contributed by atoms with Crippen molar-refractivity contribution >= 4 is 17.7 Å². The van der Waals surface area contributed by atoms with Gasteiger partial charge in [-0.1, -0.05) is 18.7 Å². The molecule has 0 saturated carbocycles. The fourth-order valence-electron chi connectivity index (χ4n) is 3.19. The van der Waals surface area contributed by atoms with Crippen LogP contribution in [0.5, 0.6) is 0 Å². The number of aromatic amines is 1. The molecule has 122 valence electrons. The molecule has 0 radical (unpaired) electrons. The molecule has 0 bridgehead atoms. The van der Waals surface area contributed by atoms with Gasteiger partial charge in [-0.15, -0.1) is 0 Å². The number of amides is 1. The van der Waals surface area contributed by atoms with Crippen LogP contribution in [-0.4, -0.2) is 38.6 Å². The highest BCUT2D eigenvalue weighted by atomic mass is 32.2. The number of aromatic nitrogens is 2. The molecule has 0 spiro atoms. The van der Waals surface area contributed by atoms with Gasteiger partial charge < -0.3 is 9.88 Å². The Kier molecular flexibility index (Phi) is 5.67. The van der Waals surface area contributed by atoms with Crippen LogP contribution in [0.15, 0.2) is 9.95 Å². The Bertz CT molecular complexity index is 590. The van der Waals surface area contributed by atoms with E-state index >= 15 is 0 Å². The van der Waals surface area contributed by atoms with Gasteiger partial charge in [-0.25, -0.2) is 4.98 Å². The minimum atomic E-state index is -0.0929. The molecule has 2 atom stereocenters. The number of nitrogens with zero attached hydrogens (tertiary/aromatic N) is 2. The summed E-state index contributed by atoms with van der Waals surface area (Å²) >= 11 is 1.32. The molecule has 1 aliphatic rings. The number of hydrogen-bond acceptors (Lipinski definition) is 4. The number of piperidine rings is 1. The smallest absolute Gasteiger partial charge is 0.254 e. The van der Waals surface area contributed by atoms with Crippen LogP contribution in [0.4, 0.5) is 0 Å². The fraction of sp³-hybridized carbons (Fsp3) is 0.688. The van der Waals surface area contributed by atoms with Crippen molar-refractivity contribution in [1.29, 1.82) is 0 Å². The normalized spacial score (nSPS) is 21.9. The summed E-state index contributed by atoms with van der Waals surface area (Å²) in [6, 6.07) is 0.598. The van der Waals surface area contributed by atoms with Crippen molar-refractivity contribution in [2.75, 3.05) is 5.75 Å². The van der Waals surface area contributed by atoms with E-state index in [2.05, 4.69) is 23.8 Å². The molecular formula is C16H25N3O2S. The van der Waals surface area contributed by atoms with E-state index in [0.717, 1.165) is 18.5 Å². The number of thioether (sulfide) groups is 1. The maximum atomic E-state index is 12.5. The Balaban J connectivity index is 2.03. The molecule has 0 aliphatic carbocycles. The SMILES string of the molecule is CCc1c(C)nc(SCC(=O)N2[C@H](C)CCC[C@H]2C)[nH]c1=O. The van der Waals surface area contributed by atoms with Gasteiger partial charge in [0, 0.05) is 23.3 Å². The van der Waals surface area contributed by atoms with Crippen molar-refractivity contribution in [3.05, 3.63) is 21.6 Å². The topological polar surface area (TPSA) is 66.1 Å². The summed E-state index contributed by atoms with van der Waals surface area (Å²) in [5.74, 6) is 0.451. The molecule has 1 saturated heterocycles. The Morgan fingerprint density at radius 1 is 1.36 bits per heavy atom. The molecule has 1 amide bonds. The Morgan fingerprint density at radius 3 is 2.55 bits per heavy atom. The predicted molar refractivity (Wildman–Crippen MR) is 89.3 cm³/mol. The molecule has 5 nitrogen and oxygen atoms in total. The zero-order chi connectivity index (χ0) is 16.3. The Morgan fingerprint density at radius 2 is 2.00 bits per heavy atom. The minimum absolute atomic E-state index is 0.0929. The number of likely N-dealkylation sites (tertiary alicyclic amines) is 1. The van der Waals surface area contributed by atoms with E-state index in [0.29, 0.717) is 35.0 Å². The molecule has 1 fully saturated rings. The molecule has 6 heteroatoms. The molecule has 22 heavy (non-hydrogen) atoms. The second kappa shape index (κ2) is 7.31. The second-order valence-corrected chi connectivity index (χ2v) is 6.97. The van der Waals surface area contributed by atoms with Crippen molar-refractivity contribution in [1.82, 2.24) is 14.9 Å². The van der Waals surface area contributed by atoms with Gasteiger partial charge in [0.25, 0.3) is 5.56 Å². The number of aryl methyl sites for hydroxylation is 1. The van der Waals surface area contributed by atoms with Gasteiger partial charge in [0.05, 0.1) is 5.75 Å². The molecule has 0 unspecified atom stereocenters. The van der Waals surface area contributed by atoms with E-state index in [4.69, 9.17) is 0 Å². The molecular weight excluding hydrogens is 298 g/mol. The molecule has 0 aromatic carbocycles. The first-order valence-electron chi connectivity index (χ1n) is 7.97. The summed E-state index contributed by atoms with van der Waals surface area (Å²) in [5, 5.41) is 0.533. The van der Waals surface area contributed by atoms with Crippen molar-refractivity contribution in [3.8, 4) is 0 Å². The minimum Gasteiger partial charge on any atom is -0.337 e. The monoisotopic (exact) mass is 323 g/mol. The first-order valence-corrected chi connectivity index (χ1v) is 8.96. The van der Waals surface area contributed by atoms with Crippen LogP contribution in [0, 0.1) is 6.92 Å². The average Bonchev–Trinajstić information content (AvgIpc) is 2.44. The van der Waals surface area contributed by atoms with E-state index in [1.807, 2.05) is 18.7 Å². The lowest BCUT2D eigenvalue weighted by molar-refractivity contribution is -0.134. The average molecular weight is 323 g/mol. The Labute approximate surface area is 135 Å². The van der Waals surface area contributed by atoms with Crippen molar-refractivity contribution in [2.45, 2.75) is 70.6 Å². The quantitative estimate of drug-likeness (QED) is 0.683. The first-order chi connectivity index (χ1) is 10.4. The summed E-state index contributed by atoms with van der Waals surface area (Å²) in [5.41, 5.74) is 1.37. The molecule has 1 aliphatic heterocycles. The summed E-state index contributed by atoms with van der Waals surface area (Å²) < 4.78 is 0. The van der Waals surface area contributed by atoms with Gasteiger partial charge in [0.1, 0.15) is 0 Å². The van der Waals surface area contributed by atoms with Gasteiger partial charge in [-0.2, -0.15) is 0 Å². The van der Waals surface area contributed by atoms with E-state index in [9.17, 15) is 9.59 Å². The lowest BCUT2D eigenvalue weighted by Crippen LogP contribution is -2.48. The van der Waals surface area contributed by atoms with Crippen molar-refractivity contribution in [2.24, 2.45) is 0 Å². The van der Waals surface area contributed by atoms with E-state index in [1.54, 1.807) is 0 Å². The third-order valence-electron chi connectivity index (χ3n) is 4.37. The van der Waals surface area contributed by atoms with Crippen LogP contribution in [0.2, 0.25) is 0 Å². The maximum Gasteiger partial charge on any atom is 0.254 e. The highest BCUT2D eigenvalue weighted by Gasteiger charge is 2.28. The van der Waals surface area contributed by atoms with Crippen LogP contribution in [0.3, 0.4) is 0 Å². The Hall–Kier alpha value is -1.30. The summed E-state index contributed by atoms with van der Waals surface area (Å²) in [7, 11) is 0. The lowest BCUT2D eigenvalue weighted by Gasteiger charge is -2.39. The number of nitrogens with one attached hydrogen (secondary N) is 1. The highest BCUT2D eigenvalue weighted by molar-refractivity contribution is 7.99. The van der Waals surface area contributed by atoms with Crippen LogP contribution in [0.1, 0.15) is 51.3 Å². The van der Waals surface area contributed by atoms with Gasteiger partial charge in [0.15, 0.2) is 5.16 Å².